The van der Waals surface area contributed by atoms with Crippen molar-refractivity contribution in [1.29, 1.82) is 0 Å². The third kappa shape index (κ3) is 3.64. The van der Waals surface area contributed by atoms with Crippen molar-refractivity contribution < 1.29 is 14.7 Å². The van der Waals surface area contributed by atoms with Crippen molar-refractivity contribution >= 4 is 17.6 Å². The van der Waals surface area contributed by atoms with Crippen LogP contribution in [0.3, 0.4) is 0 Å². The number of benzene rings is 1. The van der Waals surface area contributed by atoms with Gasteiger partial charge in [0.1, 0.15) is 5.69 Å². The molecule has 0 atom stereocenters. The minimum Gasteiger partial charge on any atom is -0.477 e. The first-order valence-corrected chi connectivity index (χ1v) is 6.40. The monoisotopic (exact) mass is 285 g/mol. The summed E-state index contributed by atoms with van der Waals surface area (Å²) in [4.78, 5) is 26.7. The standard InChI is InChI=1S/C15H15N3O3/c16-8-7-10-3-1-2-4-12(10)14(19)18-11-5-6-13(15(20)21)17-9-11/h1-6,9H,7-8,16H2,(H,18,19)(H,20,21). The van der Waals surface area contributed by atoms with Crippen LogP contribution >= 0.6 is 0 Å². The lowest BCUT2D eigenvalue weighted by Gasteiger charge is -2.09. The van der Waals surface area contributed by atoms with E-state index in [9.17, 15) is 9.59 Å². The van der Waals surface area contributed by atoms with Gasteiger partial charge in [-0.2, -0.15) is 0 Å². The molecule has 0 bridgehead atoms. The third-order valence-electron chi connectivity index (χ3n) is 2.92. The number of carboxylic acids is 1. The molecule has 1 amide bonds. The van der Waals surface area contributed by atoms with Crippen molar-refractivity contribution in [3.05, 3.63) is 59.4 Å². The molecule has 108 valence electrons. The summed E-state index contributed by atoms with van der Waals surface area (Å²) >= 11 is 0. The molecule has 0 saturated heterocycles. The van der Waals surface area contributed by atoms with Crippen molar-refractivity contribution in [2.75, 3.05) is 11.9 Å². The maximum absolute atomic E-state index is 12.2. The van der Waals surface area contributed by atoms with Crippen LogP contribution in [0.5, 0.6) is 0 Å². The molecular weight excluding hydrogens is 270 g/mol. The lowest BCUT2D eigenvalue weighted by atomic mass is 10.0. The summed E-state index contributed by atoms with van der Waals surface area (Å²) in [5.74, 6) is -1.38. The number of nitrogens with one attached hydrogen (secondary N) is 1. The number of carboxylic acid groups (broad SMARTS) is 1. The average molecular weight is 285 g/mol. The Morgan fingerprint density at radius 3 is 2.57 bits per heavy atom. The predicted octanol–water partition coefficient (Wildman–Crippen LogP) is 1.53. The zero-order valence-corrected chi connectivity index (χ0v) is 11.2. The number of nitrogens with two attached hydrogens (primary N) is 1. The van der Waals surface area contributed by atoms with E-state index in [0.29, 0.717) is 24.2 Å². The molecular formula is C15H15N3O3. The molecule has 21 heavy (non-hydrogen) atoms. The number of amides is 1. The van der Waals surface area contributed by atoms with Gasteiger partial charge < -0.3 is 16.2 Å². The quantitative estimate of drug-likeness (QED) is 0.772. The van der Waals surface area contributed by atoms with Gasteiger partial charge >= 0.3 is 5.97 Å². The Morgan fingerprint density at radius 2 is 1.95 bits per heavy atom. The van der Waals surface area contributed by atoms with Crippen molar-refractivity contribution in [2.24, 2.45) is 5.73 Å². The topological polar surface area (TPSA) is 105 Å². The zero-order valence-electron chi connectivity index (χ0n) is 11.2. The number of anilines is 1. The van der Waals surface area contributed by atoms with Gasteiger partial charge in [0.05, 0.1) is 11.9 Å². The molecule has 6 nitrogen and oxygen atoms in total. The van der Waals surface area contributed by atoms with Crippen LogP contribution in [-0.4, -0.2) is 28.5 Å². The number of aromatic carboxylic acids is 1. The van der Waals surface area contributed by atoms with E-state index in [2.05, 4.69) is 10.3 Å². The number of hydrogen-bond donors (Lipinski definition) is 3. The summed E-state index contributed by atoms with van der Waals surface area (Å²) in [5.41, 5.74) is 7.31. The first-order chi connectivity index (χ1) is 10.1. The second kappa shape index (κ2) is 6.62. The molecule has 0 aliphatic rings. The van der Waals surface area contributed by atoms with Crippen LogP contribution in [-0.2, 0) is 6.42 Å². The van der Waals surface area contributed by atoms with Gasteiger partial charge in [0.25, 0.3) is 5.91 Å². The molecule has 1 aromatic heterocycles. The van der Waals surface area contributed by atoms with E-state index in [-0.39, 0.29) is 11.6 Å². The largest absolute Gasteiger partial charge is 0.477 e. The molecule has 0 unspecified atom stereocenters. The highest BCUT2D eigenvalue weighted by molar-refractivity contribution is 6.05. The van der Waals surface area contributed by atoms with Gasteiger partial charge in [-0.3, -0.25) is 4.79 Å². The lowest BCUT2D eigenvalue weighted by Crippen LogP contribution is -2.16. The third-order valence-corrected chi connectivity index (χ3v) is 2.92. The van der Waals surface area contributed by atoms with Gasteiger partial charge in [-0.25, -0.2) is 9.78 Å². The summed E-state index contributed by atoms with van der Waals surface area (Å²) < 4.78 is 0. The van der Waals surface area contributed by atoms with Gasteiger partial charge in [0.15, 0.2) is 0 Å². The second-order valence-electron chi connectivity index (χ2n) is 4.39. The Balaban J connectivity index is 2.16. The molecule has 6 heteroatoms. The lowest BCUT2D eigenvalue weighted by molar-refractivity contribution is 0.0690. The molecule has 1 heterocycles. The average Bonchev–Trinajstić information content (AvgIpc) is 2.48. The minimum atomic E-state index is -1.11. The van der Waals surface area contributed by atoms with Gasteiger partial charge in [0, 0.05) is 5.56 Å². The Hall–Kier alpha value is -2.73. The summed E-state index contributed by atoms with van der Waals surface area (Å²) in [6.45, 7) is 0.457. The number of hydrogen-bond acceptors (Lipinski definition) is 4. The normalized spacial score (nSPS) is 10.1. The molecule has 0 aliphatic carbocycles. The molecule has 2 aromatic rings. The highest BCUT2D eigenvalue weighted by Gasteiger charge is 2.11. The van der Waals surface area contributed by atoms with Crippen LogP contribution in [0, 0.1) is 0 Å². The highest BCUT2D eigenvalue weighted by atomic mass is 16.4. The Kier molecular flexibility index (Phi) is 4.63. The van der Waals surface area contributed by atoms with Crippen molar-refractivity contribution in [3.8, 4) is 0 Å². The van der Waals surface area contributed by atoms with Crippen molar-refractivity contribution in [3.63, 3.8) is 0 Å². The number of pyridine rings is 1. The van der Waals surface area contributed by atoms with E-state index in [1.165, 1.54) is 18.3 Å². The molecule has 1 aromatic carbocycles. The fourth-order valence-electron chi connectivity index (χ4n) is 1.91. The number of rotatable bonds is 5. The van der Waals surface area contributed by atoms with Crippen LogP contribution < -0.4 is 11.1 Å². The van der Waals surface area contributed by atoms with E-state index < -0.39 is 5.97 Å². The fraction of sp³-hybridized carbons (Fsp3) is 0.133. The predicted molar refractivity (Wildman–Crippen MR) is 78.3 cm³/mol. The van der Waals surface area contributed by atoms with Crippen LogP contribution in [0.15, 0.2) is 42.6 Å². The van der Waals surface area contributed by atoms with E-state index in [4.69, 9.17) is 10.8 Å². The van der Waals surface area contributed by atoms with Gasteiger partial charge in [0.2, 0.25) is 0 Å². The van der Waals surface area contributed by atoms with E-state index >= 15 is 0 Å². The molecule has 0 saturated carbocycles. The van der Waals surface area contributed by atoms with E-state index in [1.807, 2.05) is 12.1 Å². The van der Waals surface area contributed by atoms with E-state index in [0.717, 1.165) is 5.56 Å². The molecule has 0 radical (unpaired) electrons. The Morgan fingerprint density at radius 1 is 1.19 bits per heavy atom. The molecule has 0 spiro atoms. The summed E-state index contributed by atoms with van der Waals surface area (Å²) in [6, 6.07) is 10.0. The van der Waals surface area contributed by atoms with E-state index in [1.54, 1.807) is 12.1 Å². The van der Waals surface area contributed by atoms with Crippen LogP contribution in [0.2, 0.25) is 0 Å². The smallest absolute Gasteiger partial charge is 0.354 e. The summed E-state index contributed by atoms with van der Waals surface area (Å²) in [5, 5.41) is 11.5. The van der Waals surface area contributed by atoms with Crippen molar-refractivity contribution in [2.45, 2.75) is 6.42 Å². The van der Waals surface area contributed by atoms with Crippen LogP contribution in [0.4, 0.5) is 5.69 Å². The summed E-state index contributed by atoms with van der Waals surface area (Å²) in [6.07, 6.45) is 1.92. The minimum absolute atomic E-state index is 0.0727. The van der Waals surface area contributed by atoms with Gasteiger partial charge in [-0.05, 0) is 36.7 Å². The highest BCUT2D eigenvalue weighted by Crippen LogP contribution is 2.13. The molecule has 0 aliphatic heterocycles. The van der Waals surface area contributed by atoms with Crippen molar-refractivity contribution in [1.82, 2.24) is 4.98 Å². The maximum atomic E-state index is 12.2. The molecule has 4 N–H and O–H groups in total. The number of carbonyl (C=O) groups excluding carboxylic acids is 1. The molecule has 2 rings (SSSR count). The van der Waals surface area contributed by atoms with Crippen LogP contribution in [0.1, 0.15) is 26.4 Å². The first-order valence-electron chi connectivity index (χ1n) is 6.40. The first kappa shape index (κ1) is 14.7. The number of carbonyl (C=O) groups is 2. The number of nitrogens with zero attached hydrogens (tertiary/aromatic N) is 1. The van der Waals surface area contributed by atoms with Crippen LogP contribution in [0.25, 0.3) is 0 Å². The van der Waals surface area contributed by atoms with Gasteiger partial charge in [-0.15, -0.1) is 0 Å². The van der Waals surface area contributed by atoms with Gasteiger partial charge in [-0.1, -0.05) is 18.2 Å². The zero-order chi connectivity index (χ0) is 15.2. The maximum Gasteiger partial charge on any atom is 0.354 e. The fourth-order valence-corrected chi connectivity index (χ4v) is 1.91. The second-order valence-corrected chi connectivity index (χ2v) is 4.39. The summed E-state index contributed by atoms with van der Waals surface area (Å²) in [7, 11) is 0. The Bertz CT molecular complexity index is 653. The Labute approximate surface area is 121 Å². The SMILES string of the molecule is NCCc1ccccc1C(=O)Nc1ccc(C(=O)O)nc1. The number of aromatic nitrogens is 1. The molecule has 0 fully saturated rings.